The van der Waals surface area contributed by atoms with E-state index >= 15 is 0 Å². The number of carbonyl (C=O) groups is 11. The van der Waals surface area contributed by atoms with Crippen molar-refractivity contribution in [1.29, 1.82) is 0 Å². The molecule has 0 aliphatic heterocycles. The van der Waals surface area contributed by atoms with Gasteiger partial charge in [0.2, 0.25) is 41.2 Å². The van der Waals surface area contributed by atoms with Gasteiger partial charge in [0.25, 0.3) is 5.91 Å². The number of carbonyl (C=O) groups excluding carboxylic acids is 8. The Hall–Kier alpha value is -7.40. The number of hydrogen-bond donors (Lipinski definition) is 10. The van der Waals surface area contributed by atoms with Gasteiger partial charge in [-0.15, -0.1) is 0 Å². The summed E-state index contributed by atoms with van der Waals surface area (Å²) in [6.45, 7) is 11.0. The molecule has 0 aliphatic rings. The summed E-state index contributed by atoms with van der Waals surface area (Å²) in [4.78, 5) is 143. The minimum atomic E-state index is -5.05. The van der Waals surface area contributed by atoms with Crippen LogP contribution in [0.15, 0.2) is 54.6 Å². The molecule has 0 aromatic heterocycles. The number of hydrogen-bond acceptors (Lipinski definition) is 11. The first-order valence-electron chi connectivity index (χ1n) is 22.9. The van der Waals surface area contributed by atoms with E-state index in [1.54, 1.807) is 75.4 Å². The molecule has 2 aromatic rings. The lowest BCUT2D eigenvalue weighted by molar-refractivity contribution is -0.154. The van der Waals surface area contributed by atoms with E-state index < -0.39 is 163 Å². The fraction of sp³-hybridized carbons (Fsp3) is 0.521. The Morgan fingerprint density at radius 2 is 1.07 bits per heavy atom. The number of rotatable bonds is 28. The van der Waals surface area contributed by atoms with E-state index in [1.165, 1.54) is 27.7 Å². The number of nitrogens with one attached hydrogen (secondary N) is 7. The van der Waals surface area contributed by atoms with Crippen molar-refractivity contribution in [2.45, 2.75) is 148 Å². The Balaban J connectivity index is 2.50. The van der Waals surface area contributed by atoms with Gasteiger partial charge >= 0.3 is 24.1 Å². The second-order valence-electron chi connectivity index (χ2n) is 18.6. The summed E-state index contributed by atoms with van der Waals surface area (Å²) < 4.78 is 41.6. The van der Waals surface area contributed by atoms with Crippen molar-refractivity contribution in [3.63, 3.8) is 0 Å². The third-order valence-corrected chi connectivity index (χ3v) is 10.9. The number of alkyl halides is 3. The van der Waals surface area contributed by atoms with Gasteiger partial charge < -0.3 is 52.5 Å². The third kappa shape index (κ3) is 21.7. The van der Waals surface area contributed by atoms with Gasteiger partial charge in [-0.05, 0) is 54.7 Å². The van der Waals surface area contributed by atoms with E-state index in [0.29, 0.717) is 16.7 Å². The van der Waals surface area contributed by atoms with Crippen LogP contribution in [0.3, 0.4) is 0 Å². The number of aryl methyl sites for hydroxylation is 1. The smallest absolute Gasteiger partial charge is 0.391 e. The first kappa shape index (κ1) is 60.7. The van der Waals surface area contributed by atoms with Gasteiger partial charge in [0.15, 0.2) is 0 Å². The highest BCUT2D eigenvalue weighted by molar-refractivity contribution is 6.38. The van der Waals surface area contributed by atoms with Crippen LogP contribution in [-0.2, 0) is 59.2 Å². The summed E-state index contributed by atoms with van der Waals surface area (Å²) in [6, 6.07) is 3.09. The number of amides is 7. The predicted molar refractivity (Wildman–Crippen MR) is 250 cm³/mol. The molecule has 21 nitrogen and oxygen atoms in total. The van der Waals surface area contributed by atoms with Gasteiger partial charge in [0, 0.05) is 19.3 Å². The van der Waals surface area contributed by atoms with Gasteiger partial charge in [-0.3, -0.25) is 52.7 Å². The zero-order valence-electron chi connectivity index (χ0n) is 40.9. The maximum Gasteiger partial charge on any atom is 0.391 e. The minimum Gasteiger partial charge on any atom is -0.481 e. The number of halogens is 3. The summed E-state index contributed by atoms with van der Waals surface area (Å²) in [6.07, 6.45) is -11.2. The van der Waals surface area contributed by atoms with Crippen LogP contribution >= 0.6 is 0 Å². The number of benzene rings is 2. The van der Waals surface area contributed by atoms with E-state index in [1.807, 2.05) is 5.32 Å². The molecule has 396 valence electrons. The molecule has 2 aromatic carbocycles. The molecule has 0 fully saturated rings. The molecule has 0 radical (unpaired) electrons. The van der Waals surface area contributed by atoms with E-state index in [-0.39, 0.29) is 12.8 Å². The number of carboxylic acids is 3. The van der Waals surface area contributed by atoms with Crippen molar-refractivity contribution in [3.05, 3.63) is 71.3 Å². The fourth-order valence-corrected chi connectivity index (χ4v) is 7.06. The Labute approximate surface area is 413 Å². The fourth-order valence-electron chi connectivity index (χ4n) is 7.06. The van der Waals surface area contributed by atoms with Crippen molar-refractivity contribution in [2.75, 3.05) is 0 Å². The Morgan fingerprint density at radius 1 is 0.556 bits per heavy atom. The Morgan fingerprint density at radius 3 is 1.61 bits per heavy atom. The lowest BCUT2D eigenvalue weighted by Gasteiger charge is -2.34. The second-order valence-corrected chi connectivity index (χ2v) is 18.6. The summed E-state index contributed by atoms with van der Waals surface area (Å²) in [5.41, 5.74) is 0.441. The highest BCUT2D eigenvalue weighted by Gasteiger charge is 2.42. The lowest BCUT2D eigenvalue weighted by Crippen LogP contribution is -2.62. The normalized spacial score (nSPS) is 14.4. The molecule has 0 saturated carbocycles. The summed E-state index contributed by atoms with van der Waals surface area (Å²) >= 11 is 0. The average molecular weight is 1020 g/mol. The predicted octanol–water partition coefficient (Wildman–Crippen LogP) is 2.14. The van der Waals surface area contributed by atoms with E-state index in [9.17, 15) is 76.1 Å². The number of aliphatic carboxylic acids is 3. The van der Waals surface area contributed by atoms with Gasteiger partial charge in [0.05, 0.1) is 25.3 Å². The van der Waals surface area contributed by atoms with Crippen molar-refractivity contribution in [2.24, 2.45) is 11.3 Å². The van der Waals surface area contributed by atoms with Crippen molar-refractivity contribution in [3.8, 4) is 0 Å². The van der Waals surface area contributed by atoms with Crippen LogP contribution in [0.2, 0.25) is 0 Å². The zero-order valence-corrected chi connectivity index (χ0v) is 40.9. The molecule has 2 rings (SSSR count). The Bertz CT molecular complexity index is 2290. The summed E-state index contributed by atoms with van der Waals surface area (Å²) in [5.74, 6) is -14.6. The molecule has 7 amide bonds. The van der Waals surface area contributed by atoms with E-state index in [4.69, 9.17) is 5.11 Å². The van der Waals surface area contributed by atoms with Crippen molar-refractivity contribution in [1.82, 2.24) is 37.2 Å². The Kier molecular flexibility index (Phi) is 23.5. The second kappa shape index (κ2) is 27.8. The largest absolute Gasteiger partial charge is 0.481 e. The van der Waals surface area contributed by atoms with Gasteiger partial charge in [-0.1, -0.05) is 89.2 Å². The number of Topliss-reactive ketones (excluding diaryl/α,β-unsaturated/α-hetero) is 1. The quantitative estimate of drug-likeness (QED) is 0.0547. The van der Waals surface area contributed by atoms with Crippen LogP contribution in [0.1, 0.15) is 109 Å². The molecule has 0 spiro atoms. The first-order valence-corrected chi connectivity index (χ1v) is 22.9. The van der Waals surface area contributed by atoms with E-state index in [2.05, 4.69) is 31.9 Å². The molecule has 0 bridgehead atoms. The van der Waals surface area contributed by atoms with Crippen LogP contribution in [0, 0.1) is 18.3 Å². The molecule has 72 heavy (non-hydrogen) atoms. The summed E-state index contributed by atoms with van der Waals surface area (Å²) in [5, 5.41) is 43.9. The molecular weight excluding hydrogens is 956 g/mol. The van der Waals surface area contributed by atoms with Crippen molar-refractivity contribution < 1.29 is 81.2 Å². The lowest BCUT2D eigenvalue weighted by atomic mass is 9.85. The number of ketones is 1. The van der Waals surface area contributed by atoms with Crippen LogP contribution in [0.5, 0.6) is 0 Å². The monoisotopic (exact) mass is 1020 g/mol. The van der Waals surface area contributed by atoms with E-state index in [0.717, 1.165) is 0 Å². The van der Waals surface area contributed by atoms with Crippen LogP contribution in [-0.4, -0.2) is 123 Å². The number of carboxylic acid groups (broad SMARTS) is 3. The molecule has 0 heterocycles. The molecule has 0 unspecified atom stereocenters. The van der Waals surface area contributed by atoms with Crippen LogP contribution in [0.25, 0.3) is 0 Å². The first-order chi connectivity index (χ1) is 33.4. The van der Waals surface area contributed by atoms with Crippen LogP contribution < -0.4 is 37.2 Å². The molecule has 10 N–H and O–H groups in total. The SMILES string of the molecule is Cc1ccccc1C[C@H](NC(=O)[C@H](CCC(=O)O)NC(=O)[C@H](CC(=O)O)NC(=O)CCC(=O)O)C(=O)N[C@H](C(=O)N[C@@H](CC(C)C)C(=O)N[C@H](CC(F)(F)F)C(=O)C(=O)N[C@@H](C)c1ccccc1)C(C)(C)C. The molecule has 24 heteroatoms. The minimum absolute atomic E-state index is 0.207. The molecule has 0 saturated heterocycles. The standard InChI is InChI=1S/C48H64F3N7O14/c1-25(2)21-31(42(68)57-34(24-48(49,50)51)39(66)45(71)52-27(4)28-14-9-8-10-15-28)56-46(72)40(47(5,6)7)58-44(70)32(22-29-16-12-11-13-26(29)3)55-41(67)30(17-19-36(60)61)54-43(69)33(23-38(64)65)53-35(59)18-20-37(62)63/h8-16,25,27,30-34,40H,17-24H2,1-7H3,(H,52,71)(H,53,59)(H,54,69)(H,55,67)(H,56,72)(H,57,68)(H,58,70)(H,60,61)(H,62,63)(H,64,65)/t27-,30-,31-,32-,33-,34+,40+/m0/s1. The molecule has 7 atom stereocenters. The van der Waals surface area contributed by atoms with Crippen molar-refractivity contribution >= 4 is 65.0 Å². The maximum atomic E-state index is 14.4. The molecule has 0 aliphatic carbocycles. The maximum absolute atomic E-state index is 14.4. The highest BCUT2D eigenvalue weighted by Crippen LogP contribution is 2.24. The molecular formula is C48H64F3N7O14. The average Bonchev–Trinajstić information content (AvgIpc) is 3.27. The summed E-state index contributed by atoms with van der Waals surface area (Å²) in [7, 11) is 0. The third-order valence-electron chi connectivity index (χ3n) is 10.9. The van der Waals surface area contributed by atoms with Gasteiger partial charge in [-0.25, -0.2) is 0 Å². The van der Waals surface area contributed by atoms with Crippen LogP contribution in [0.4, 0.5) is 13.2 Å². The van der Waals surface area contributed by atoms with Gasteiger partial charge in [-0.2, -0.15) is 13.2 Å². The van der Waals surface area contributed by atoms with Gasteiger partial charge in [0.1, 0.15) is 36.3 Å². The topological polar surface area (TPSA) is 333 Å². The highest BCUT2D eigenvalue weighted by atomic mass is 19.4. The zero-order chi connectivity index (χ0) is 54.7.